The third kappa shape index (κ3) is 2.06. The lowest BCUT2D eigenvalue weighted by molar-refractivity contribution is 0.409. The summed E-state index contributed by atoms with van der Waals surface area (Å²) in [6, 6.07) is 8.10. The summed E-state index contributed by atoms with van der Waals surface area (Å²) in [4.78, 5) is 23.3. The van der Waals surface area contributed by atoms with Crippen LogP contribution in [-0.4, -0.2) is 10.2 Å². The van der Waals surface area contributed by atoms with E-state index in [1.807, 2.05) is 0 Å². The third-order valence-corrected chi connectivity index (χ3v) is 3.41. The monoisotopic (exact) mass is 312 g/mol. The predicted octanol–water partition coefficient (Wildman–Crippen LogP) is 2.57. The second kappa shape index (κ2) is 4.51. The average molecular weight is 312 g/mol. The summed E-state index contributed by atoms with van der Waals surface area (Å²) in [6.45, 7) is 0. The van der Waals surface area contributed by atoms with E-state index in [1.54, 1.807) is 6.07 Å². The molecule has 2 heterocycles. The van der Waals surface area contributed by atoms with Gasteiger partial charge in [-0.3, -0.25) is 4.79 Å². The third-order valence-electron chi connectivity index (χ3n) is 3.41. The van der Waals surface area contributed by atoms with Gasteiger partial charge < -0.3 is 23.5 Å². The van der Waals surface area contributed by atoms with Crippen LogP contribution in [0.25, 0.3) is 33.5 Å². The number of phenolic OH excluding ortho intramolecular Hbond substituents is 2. The molecule has 2 aromatic heterocycles. The summed E-state index contributed by atoms with van der Waals surface area (Å²) >= 11 is 0. The van der Waals surface area contributed by atoms with Gasteiger partial charge in [0.05, 0.1) is 0 Å². The standard InChI is InChI=1S/C16H8O7/c17-8-4-9(18)15-10(19)6-12(21-14(15)5-8)7-1-2-11-13(3-7)23-16(20)22-11/h1-6,17-18H. The molecule has 4 aromatic rings. The summed E-state index contributed by atoms with van der Waals surface area (Å²) in [5, 5.41) is 19.3. The molecule has 0 spiro atoms. The lowest BCUT2D eigenvalue weighted by Crippen LogP contribution is -2.00. The fourth-order valence-corrected chi connectivity index (χ4v) is 2.42. The molecule has 4 rings (SSSR count). The van der Waals surface area contributed by atoms with E-state index < -0.39 is 11.3 Å². The molecule has 2 aromatic carbocycles. The van der Waals surface area contributed by atoms with Gasteiger partial charge in [-0.05, 0) is 18.2 Å². The number of aromatic hydroxyl groups is 2. The molecular weight excluding hydrogens is 304 g/mol. The first kappa shape index (κ1) is 13.2. The van der Waals surface area contributed by atoms with Gasteiger partial charge in [-0.2, -0.15) is 0 Å². The molecule has 0 saturated carbocycles. The maximum absolute atomic E-state index is 12.2. The van der Waals surface area contributed by atoms with Gasteiger partial charge in [-0.1, -0.05) is 0 Å². The first-order valence-electron chi connectivity index (χ1n) is 6.55. The zero-order chi connectivity index (χ0) is 16.1. The largest absolute Gasteiger partial charge is 0.519 e. The van der Waals surface area contributed by atoms with E-state index >= 15 is 0 Å². The minimum absolute atomic E-state index is 0.0255. The van der Waals surface area contributed by atoms with E-state index in [4.69, 9.17) is 13.3 Å². The Kier molecular flexibility index (Phi) is 2.59. The Morgan fingerprint density at radius 2 is 1.57 bits per heavy atom. The molecule has 0 saturated heterocycles. The highest BCUT2D eigenvalue weighted by molar-refractivity contribution is 5.86. The van der Waals surface area contributed by atoms with Crippen molar-refractivity contribution in [3.63, 3.8) is 0 Å². The minimum Gasteiger partial charge on any atom is -0.508 e. The van der Waals surface area contributed by atoms with Crippen molar-refractivity contribution in [1.82, 2.24) is 0 Å². The molecule has 0 unspecified atom stereocenters. The molecule has 0 bridgehead atoms. The van der Waals surface area contributed by atoms with Crippen LogP contribution in [0.1, 0.15) is 0 Å². The summed E-state index contributed by atoms with van der Waals surface area (Å²) in [5.74, 6) is -1.23. The molecule has 0 amide bonds. The minimum atomic E-state index is -0.827. The lowest BCUT2D eigenvalue weighted by Gasteiger charge is -2.05. The SMILES string of the molecule is O=c1oc2ccc(-c3cc(=O)c4c(O)cc(O)cc4o3)cc2o1. The molecule has 7 heteroatoms. The van der Waals surface area contributed by atoms with Crippen molar-refractivity contribution in [1.29, 1.82) is 0 Å². The molecule has 114 valence electrons. The van der Waals surface area contributed by atoms with Gasteiger partial charge in [0.25, 0.3) is 0 Å². The van der Waals surface area contributed by atoms with Crippen LogP contribution >= 0.6 is 0 Å². The Morgan fingerprint density at radius 1 is 0.783 bits per heavy atom. The Labute approximate surface area is 126 Å². The fourth-order valence-electron chi connectivity index (χ4n) is 2.42. The Morgan fingerprint density at radius 3 is 2.39 bits per heavy atom. The van der Waals surface area contributed by atoms with E-state index in [0.717, 1.165) is 6.07 Å². The van der Waals surface area contributed by atoms with Crippen LogP contribution in [-0.2, 0) is 0 Å². The summed E-state index contributed by atoms with van der Waals surface area (Å²) < 4.78 is 15.2. The summed E-state index contributed by atoms with van der Waals surface area (Å²) in [5.41, 5.74) is 0.543. The van der Waals surface area contributed by atoms with Crippen LogP contribution in [0.2, 0.25) is 0 Å². The zero-order valence-electron chi connectivity index (χ0n) is 11.4. The smallest absolute Gasteiger partial charge is 0.508 e. The summed E-state index contributed by atoms with van der Waals surface area (Å²) in [6.07, 6.45) is 0. The van der Waals surface area contributed by atoms with Gasteiger partial charge in [0.15, 0.2) is 16.6 Å². The number of benzene rings is 2. The van der Waals surface area contributed by atoms with Gasteiger partial charge >= 0.3 is 5.82 Å². The van der Waals surface area contributed by atoms with Crippen molar-refractivity contribution in [2.75, 3.05) is 0 Å². The molecule has 23 heavy (non-hydrogen) atoms. The quantitative estimate of drug-likeness (QED) is 0.555. The fraction of sp³-hybridized carbons (Fsp3) is 0. The van der Waals surface area contributed by atoms with Crippen LogP contribution in [0.3, 0.4) is 0 Å². The molecular formula is C16H8O7. The van der Waals surface area contributed by atoms with Crippen LogP contribution < -0.4 is 11.3 Å². The van der Waals surface area contributed by atoms with Crippen molar-refractivity contribution in [3.8, 4) is 22.8 Å². The number of fused-ring (bicyclic) bond motifs is 2. The second-order valence-electron chi connectivity index (χ2n) is 4.93. The van der Waals surface area contributed by atoms with E-state index in [0.29, 0.717) is 5.56 Å². The van der Waals surface area contributed by atoms with E-state index in [9.17, 15) is 19.8 Å². The molecule has 2 N–H and O–H groups in total. The van der Waals surface area contributed by atoms with Crippen LogP contribution in [0.15, 0.2) is 59.2 Å². The van der Waals surface area contributed by atoms with Crippen molar-refractivity contribution in [2.45, 2.75) is 0 Å². The maximum Gasteiger partial charge on any atom is 0.519 e. The number of rotatable bonds is 1. The second-order valence-corrected chi connectivity index (χ2v) is 4.93. The summed E-state index contributed by atoms with van der Waals surface area (Å²) in [7, 11) is 0. The van der Waals surface area contributed by atoms with Crippen molar-refractivity contribution in [3.05, 3.63) is 57.2 Å². The molecule has 0 aliphatic carbocycles. The van der Waals surface area contributed by atoms with Crippen LogP contribution in [0, 0.1) is 0 Å². The Bertz CT molecular complexity index is 1180. The van der Waals surface area contributed by atoms with E-state index in [1.165, 1.54) is 24.3 Å². The van der Waals surface area contributed by atoms with Crippen molar-refractivity contribution < 1.29 is 23.5 Å². The Hall–Kier alpha value is -3.48. The van der Waals surface area contributed by atoms with Gasteiger partial charge in [0.1, 0.15) is 28.2 Å². The number of phenols is 2. The van der Waals surface area contributed by atoms with Crippen molar-refractivity contribution >= 4 is 22.1 Å². The van der Waals surface area contributed by atoms with Gasteiger partial charge in [-0.15, -0.1) is 0 Å². The molecule has 7 nitrogen and oxygen atoms in total. The molecule has 0 aliphatic rings. The Balaban J connectivity index is 2.00. The highest BCUT2D eigenvalue weighted by Gasteiger charge is 2.13. The molecule has 0 aliphatic heterocycles. The lowest BCUT2D eigenvalue weighted by atomic mass is 10.1. The highest BCUT2D eigenvalue weighted by atomic mass is 16.6. The average Bonchev–Trinajstić information content (AvgIpc) is 2.84. The maximum atomic E-state index is 12.2. The zero-order valence-corrected chi connectivity index (χ0v) is 11.4. The highest BCUT2D eigenvalue weighted by Crippen LogP contribution is 2.31. The van der Waals surface area contributed by atoms with Gasteiger partial charge in [-0.25, -0.2) is 4.79 Å². The molecule has 0 radical (unpaired) electrons. The van der Waals surface area contributed by atoms with Gasteiger partial charge in [0.2, 0.25) is 0 Å². The first-order valence-corrected chi connectivity index (χ1v) is 6.55. The molecule has 0 fully saturated rings. The first-order chi connectivity index (χ1) is 11.0. The van der Waals surface area contributed by atoms with Crippen molar-refractivity contribution in [2.24, 2.45) is 0 Å². The number of hydrogen-bond donors (Lipinski definition) is 2. The molecule has 0 atom stereocenters. The normalized spacial score (nSPS) is 11.3. The van der Waals surface area contributed by atoms with E-state index in [2.05, 4.69) is 0 Å². The predicted molar refractivity (Wildman–Crippen MR) is 79.6 cm³/mol. The number of hydrogen-bond acceptors (Lipinski definition) is 7. The van der Waals surface area contributed by atoms with Crippen LogP contribution in [0.5, 0.6) is 11.5 Å². The van der Waals surface area contributed by atoms with Crippen LogP contribution in [0.4, 0.5) is 0 Å². The van der Waals surface area contributed by atoms with Gasteiger partial charge in [0, 0.05) is 23.8 Å². The topological polar surface area (TPSA) is 114 Å². The van der Waals surface area contributed by atoms with E-state index in [-0.39, 0.29) is 39.4 Å².